The zero-order valence-electron chi connectivity index (χ0n) is 10.8. The summed E-state index contributed by atoms with van der Waals surface area (Å²) in [7, 11) is 0. The Bertz CT molecular complexity index is 315. The molecule has 1 atom stereocenters. The molecular formula is C15H24N2. The molecule has 2 rings (SSSR count). The number of hydrogen-bond acceptors (Lipinski definition) is 2. The lowest BCUT2D eigenvalue weighted by molar-refractivity contribution is 0.324. The molecule has 17 heavy (non-hydrogen) atoms. The van der Waals surface area contributed by atoms with Crippen molar-refractivity contribution in [1.82, 2.24) is 10.6 Å². The number of rotatable bonds is 6. The van der Waals surface area contributed by atoms with Crippen LogP contribution in [0.3, 0.4) is 0 Å². The SMILES string of the molecule is CCCC1(CNCc2ccccc2)CCCN1. The van der Waals surface area contributed by atoms with Gasteiger partial charge in [-0.2, -0.15) is 0 Å². The van der Waals surface area contributed by atoms with Crippen molar-refractivity contribution in [3.05, 3.63) is 35.9 Å². The third-order valence-corrected chi connectivity index (χ3v) is 3.70. The minimum atomic E-state index is 0.365. The Morgan fingerprint density at radius 2 is 2.12 bits per heavy atom. The molecule has 0 saturated carbocycles. The molecule has 0 spiro atoms. The zero-order chi connectivity index (χ0) is 12.0. The Morgan fingerprint density at radius 1 is 1.29 bits per heavy atom. The first-order chi connectivity index (χ1) is 8.35. The van der Waals surface area contributed by atoms with Crippen molar-refractivity contribution >= 4 is 0 Å². The Labute approximate surface area is 105 Å². The largest absolute Gasteiger partial charge is 0.311 e. The van der Waals surface area contributed by atoms with Gasteiger partial charge >= 0.3 is 0 Å². The molecule has 2 N–H and O–H groups in total. The van der Waals surface area contributed by atoms with Gasteiger partial charge in [-0.3, -0.25) is 0 Å². The smallest absolute Gasteiger partial charge is 0.0306 e. The second kappa shape index (κ2) is 6.18. The van der Waals surface area contributed by atoms with Crippen molar-refractivity contribution in [1.29, 1.82) is 0 Å². The molecule has 1 aromatic carbocycles. The van der Waals surface area contributed by atoms with Crippen molar-refractivity contribution in [2.24, 2.45) is 0 Å². The molecule has 2 heteroatoms. The van der Waals surface area contributed by atoms with Crippen LogP contribution in [0, 0.1) is 0 Å². The molecule has 1 fully saturated rings. The predicted octanol–water partition coefficient (Wildman–Crippen LogP) is 2.70. The molecule has 1 heterocycles. The first kappa shape index (κ1) is 12.6. The molecular weight excluding hydrogens is 208 g/mol. The molecule has 0 radical (unpaired) electrons. The first-order valence-corrected chi connectivity index (χ1v) is 6.84. The maximum absolute atomic E-state index is 3.69. The van der Waals surface area contributed by atoms with E-state index in [0.29, 0.717) is 5.54 Å². The van der Waals surface area contributed by atoms with E-state index in [1.165, 1.54) is 37.8 Å². The third kappa shape index (κ3) is 3.55. The highest BCUT2D eigenvalue weighted by atomic mass is 15.1. The number of nitrogens with one attached hydrogen (secondary N) is 2. The minimum Gasteiger partial charge on any atom is -0.311 e. The van der Waals surface area contributed by atoms with Crippen molar-refractivity contribution in [2.75, 3.05) is 13.1 Å². The Hall–Kier alpha value is -0.860. The van der Waals surface area contributed by atoms with Crippen LogP contribution in [0.1, 0.15) is 38.2 Å². The summed E-state index contributed by atoms with van der Waals surface area (Å²) in [6.45, 7) is 5.54. The van der Waals surface area contributed by atoms with E-state index in [2.05, 4.69) is 47.9 Å². The van der Waals surface area contributed by atoms with E-state index in [4.69, 9.17) is 0 Å². The van der Waals surface area contributed by atoms with E-state index in [9.17, 15) is 0 Å². The van der Waals surface area contributed by atoms with Gasteiger partial charge in [-0.25, -0.2) is 0 Å². The van der Waals surface area contributed by atoms with Gasteiger partial charge in [0.1, 0.15) is 0 Å². The van der Waals surface area contributed by atoms with Crippen molar-refractivity contribution in [3.63, 3.8) is 0 Å². The average molecular weight is 232 g/mol. The van der Waals surface area contributed by atoms with Gasteiger partial charge in [0.15, 0.2) is 0 Å². The van der Waals surface area contributed by atoms with Gasteiger partial charge in [-0.15, -0.1) is 0 Å². The van der Waals surface area contributed by atoms with Crippen LogP contribution in [0.4, 0.5) is 0 Å². The fourth-order valence-corrected chi connectivity index (χ4v) is 2.84. The van der Waals surface area contributed by atoms with Crippen LogP contribution in [-0.4, -0.2) is 18.6 Å². The number of benzene rings is 1. The lowest BCUT2D eigenvalue weighted by Crippen LogP contribution is -2.48. The van der Waals surface area contributed by atoms with E-state index in [-0.39, 0.29) is 0 Å². The standard InChI is InChI=1S/C15H24N2/c1-2-9-15(10-6-11-17-15)13-16-12-14-7-4-3-5-8-14/h3-5,7-8,16-17H,2,6,9-13H2,1H3. The van der Waals surface area contributed by atoms with Crippen molar-refractivity contribution < 1.29 is 0 Å². The van der Waals surface area contributed by atoms with Crippen LogP contribution in [0.2, 0.25) is 0 Å². The summed E-state index contributed by atoms with van der Waals surface area (Å²) >= 11 is 0. The Kier molecular flexibility index (Phi) is 4.57. The van der Waals surface area contributed by atoms with Crippen LogP contribution in [0.25, 0.3) is 0 Å². The van der Waals surface area contributed by atoms with Gasteiger partial charge in [0.25, 0.3) is 0 Å². The van der Waals surface area contributed by atoms with Gasteiger partial charge in [0.05, 0.1) is 0 Å². The highest BCUT2D eigenvalue weighted by molar-refractivity contribution is 5.14. The summed E-state index contributed by atoms with van der Waals surface area (Å²) in [6, 6.07) is 10.6. The molecule has 1 unspecified atom stereocenters. The summed E-state index contributed by atoms with van der Waals surface area (Å²) in [5.41, 5.74) is 1.74. The van der Waals surface area contributed by atoms with Crippen LogP contribution in [-0.2, 0) is 6.54 Å². The van der Waals surface area contributed by atoms with E-state index in [1.54, 1.807) is 0 Å². The highest BCUT2D eigenvalue weighted by Gasteiger charge is 2.31. The van der Waals surface area contributed by atoms with Gasteiger partial charge < -0.3 is 10.6 Å². The second-order valence-corrected chi connectivity index (χ2v) is 5.15. The monoisotopic (exact) mass is 232 g/mol. The van der Waals surface area contributed by atoms with Gasteiger partial charge in [-0.05, 0) is 31.4 Å². The van der Waals surface area contributed by atoms with Crippen molar-refractivity contribution in [3.8, 4) is 0 Å². The number of hydrogen-bond donors (Lipinski definition) is 2. The molecule has 1 aliphatic heterocycles. The Balaban J connectivity index is 1.80. The fraction of sp³-hybridized carbons (Fsp3) is 0.600. The minimum absolute atomic E-state index is 0.365. The molecule has 0 aromatic heterocycles. The van der Waals surface area contributed by atoms with E-state index in [0.717, 1.165) is 13.1 Å². The van der Waals surface area contributed by atoms with Crippen LogP contribution in [0.15, 0.2) is 30.3 Å². The van der Waals surface area contributed by atoms with E-state index in [1.807, 2.05) is 0 Å². The van der Waals surface area contributed by atoms with Crippen LogP contribution >= 0.6 is 0 Å². The van der Waals surface area contributed by atoms with Gasteiger partial charge in [0.2, 0.25) is 0 Å². The maximum atomic E-state index is 3.69. The topological polar surface area (TPSA) is 24.1 Å². The van der Waals surface area contributed by atoms with E-state index >= 15 is 0 Å². The summed E-state index contributed by atoms with van der Waals surface area (Å²) in [5.74, 6) is 0. The van der Waals surface area contributed by atoms with Gasteiger partial charge in [-0.1, -0.05) is 43.7 Å². The van der Waals surface area contributed by atoms with E-state index < -0.39 is 0 Å². The predicted molar refractivity (Wildman–Crippen MR) is 73.0 cm³/mol. The first-order valence-electron chi connectivity index (χ1n) is 6.84. The van der Waals surface area contributed by atoms with Crippen LogP contribution in [0.5, 0.6) is 0 Å². The molecule has 0 bridgehead atoms. The molecule has 1 aromatic rings. The Morgan fingerprint density at radius 3 is 2.76 bits per heavy atom. The molecule has 94 valence electrons. The normalized spacial score (nSPS) is 24.1. The quantitative estimate of drug-likeness (QED) is 0.788. The van der Waals surface area contributed by atoms with Gasteiger partial charge in [0, 0.05) is 18.6 Å². The fourth-order valence-electron chi connectivity index (χ4n) is 2.84. The van der Waals surface area contributed by atoms with Crippen LogP contribution < -0.4 is 10.6 Å². The lowest BCUT2D eigenvalue weighted by Gasteiger charge is -2.29. The summed E-state index contributed by atoms with van der Waals surface area (Å²) in [5, 5.41) is 7.30. The summed E-state index contributed by atoms with van der Waals surface area (Å²) in [4.78, 5) is 0. The molecule has 0 aliphatic carbocycles. The maximum Gasteiger partial charge on any atom is 0.0306 e. The third-order valence-electron chi connectivity index (χ3n) is 3.70. The summed E-state index contributed by atoms with van der Waals surface area (Å²) in [6.07, 6.45) is 5.20. The molecule has 1 aliphatic rings. The average Bonchev–Trinajstić information content (AvgIpc) is 2.80. The van der Waals surface area contributed by atoms with Crippen molar-refractivity contribution in [2.45, 2.75) is 44.7 Å². The molecule has 0 amide bonds. The zero-order valence-corrected chi connectivity index (χ0v) is 10.8. The highest BCUT2D eigenvalue weighted by Crippen LogP contribution is 2.23. The lowest BCUT2D eigenvalue weighted by atomic mass is 9.92. The second-order valence-electron chi connectivity index (χ2n) is 5.15. The molecule has 1 saturated heterocycles. The molecule has 2 nitrogen and oxygen atoms in total. The summed E-state index contributed by atoms with van der Waals surface area (Å²) < 4.78 is 0.